The molecule has 0 N–H and O–H groups in total. The van der Waals surface area contributed by atoms with E-state index in [9.17, 15) is 8.42 Å². The zero-order chi connectivity index (χ0) is 16.8. The Morgan fingerprint density at radius 3 is 2.58 bits per heavy atom. The van der Waals surface area contributed by atoms with E-state index in [1.54, 1.807) is 12.1 Å². The lowest BCUT2D eigenvalue weighted by molar-refractivity contribution is -0.179. The van der Waals surface area contributed by atoms with Gasteiger partial charge >= 0.3 is 0 Å². The van der Waals surface area contributed by atoms with Gasteiger partial charge in [-0.2, -0.15) is 4.31 Å². The summed E-state index contributed by atoms with van der Waals surface area (Å²) in [5, 5.41) is 0. The monoisotopic (exact) mass is 351 g/mol. The molecule has 0 radical (unpaired) electrons. The van der Waals surface area contributed by atoms with Crippen LogP contribution in [-0.4, -0.2) is 50.7 Å². The number of benzene rings is 1. The Morgan fingerprint density at radius 2 is 1.92 bits per heavy atom. The number of rotatable bonds is 5. The van der Waals surface area contributed by atoms with Crippen molar-refractivity contribution in [1.29, 1.82) is 0 Å². The highest BCUT2D eigenvalue weighted by atomic mass is 32.2. The van der Waals surface area contributed by atoms with Crippen molar-refractivity contribution >= 4 is 10.0 Å². The molecule has 1 aromatic rings. The molecule has 24 heavy (non-hydrogen) atoms. The molecule has 3 fully saturated rings. The number of hydrogen-bond donors (Lipinski definition) is 0. The predicted molar refractivity (Wildman–Crippen MR) is 90.3 cm³/mol. The number of aryl methyl sites for hydroxylation is 1. The third-order valence-corrected chi connectivity index (χ3v) is 7.11. The second kappa shape index (κ2) is 6.09. The van der Waals surface area contributed by atoms with Crippen molar-refractivity contribution in [1.82, 2.24) is 4.31 Å². The van der Waals surface area contributed by atoms with E-state index < -0.39 is 10.0 Å². The Kier molecular flexibility index (Phi) is 4.19. The van der Waals surface area contributed by atoms with Gasteiger partial charge in [0.15, 0.2) is 0 Å². The van der Waals surface area contributed by atoms with Gasteiger partial charge in [0.25, 0.3) is 0 Å². The fourth-order valence-electron chi connectivity index (χ4n) is 3.53. The fourth-order valence-corrected chi connectivity index (χ4v) is 5.12. The molecule has 3 aliphatic rings. The SMILES string of the molecule is Cc1ccc(S(=O)(=O)N2CC3(C[C@@H](OCC4CC4)CCO3)C2)cc1. The van der Waals surface area contributed by atoms with Gasteiger partial charge in [0, 0.05) is 32.7 Å². The molecule has 0 unspecified atom stereocenters. The summed E-state index contributed by atoms with van der Waals surface area (Å²) in [7, 11) is -3.42. The van der Waals surface area contributed by atoms with Crippen molar-refractivity contribution < 1.29 is 17.9 Å². The number of hydrogen-bond acceptors (Lipinski definition) is 4. The summed E-state index contributed by atoms with van der Waals surface area (Å²) < 4.78 is 38.9. The van der Waals surface area contributed by atoms with Crippen molar-refractivity contribution in [2.45, 2.75) is 49.2 Å². The minimum absolute atomic E-state index is 0.212. The van der Waals surface area contributed by atoms with Gasteiger partial charge < -0.3 is 9.47 Å². The van der Waals surface area contributed by atoms with Crippen LogP contribution in [0.2, 0.25) is 0 Å². The average Bonchev–Trinajstić information content (AvgIpc) is 3.35. The van der Waals surface area contributed by atoms with E-state index in [1.807, 2.05) is 19.1 Å². The Bertz CT molecular complexity index is 690. The van der Waals surface area contributed by atoms with E-state index >= 15 is 0 Å². The van der Waals surface area contributed by atoms with Crippen molar-refractivity contribution in [3.63, 3.8) is 0 Å². The quantitative estimate of drug-likeness (QED) is 0.817. The summed E-state index contributed by atoms with van der Waals surface area (Å²) in [4.78, 5) is 0.361. The lowest BCUT2D eigenvalue weighted by Crippen LogP contribution is -2.67. The van der Waals surface area contributed by atoms with Gasteiger partial charge in [0.2, 0.25) is 10.0 Å². The molecular weight excluding hydrogens is 326 g/mol. The van der Waals surface area contributed by atoms with Crippen molar-refractivity contribution in [3.8, 4) is 0 Å². The third-order valence-electron chi connectivity index (χ3n) is 5.30. The molecule has 2 heterocycles. The predicted octanol–water partition coefficient (Wildman–Crippen LogP) is 2.34. The van der Waals surface area contributed by atoms with E-state index in [2.05, 4.69) is 0 Å². The molecule has 2 aliphatic heterocycles. The van der Waals surface area contributed by atoms with Gasteiger partial charge in [-0.25, -0.2) is 8.42 Å². The van der Waals surface area contributed by atoms with E-state index in [1.165, 1.54) is 17.1 Å². The average molecular weight is 351 g/mol. The summed E-state index contributed by atoms with van der Waals surface area (Å²) in [5.41, 5.74) is 0.713. The first-order valence-corrected chi connectivity index (χ1v) is 10.2. The van der Waals surface area contributed by atoms with Crippen LogP contribution in [-0.2, 0) is 19.5 Å². The van der Waals surface area contributed by atoms with Crippen molar-refractivity contribution in [2.24, 2.45) is 5.92 Å². The molecular formula is C18H25NO4S. The smallest absolute Gasteiger partial charge is 0.243 e. The molecule has 1 atom stereocenters. The highest BCUT2D eigenvalue weighted by molar-refractivity contribution is 7.89. The van der Waals surface area contributed by atoms with Crippen LogP contribution in [0.1, 0.15) is 31.2 Å². The topological polar surface area (TPSA) is 55.8 Å². The zero-order valence-electron chi connectivity index (χ0n) is 14.1. The second-order valence-electron chi connectivity index (χ2n) is 7.51. The molecule has 1 aliphatic carbocycles. The molecule has 4 rings (SSSR count). The van der Waals surface area contributed by atoms with E-state index in [0.29, 0.717) is 24.6 Å². The minimum Gasteiger partial charge on any atom is -0.378 e. The first-order valence-electron chi connectivity index (χ1n) is 8.79. The molecule has 1 aromatic carbocycles. The van der Waals surface area contributed by atoms with Crippen LogP contribution >= 0.6 is 0 Å². The Labute approximate surface area is 144 Å². The van der Waals surface area contributed by atoms with Gasteiger partial charge in [0.05, 0.1) is 16.6 Å². The maximum absolute atomic E-state index is 12.7. The number of ether oxygens (including phenoxy) is 2. The van der Waals surface area contributed by atoms with Crippen LogP contribution in [0, 0.1) is 12.8 Å². The summed E-state index contributed by atoms with van der Waals surface area (Å²) in [6.45, 7) is 4.34. The molecule has 0 amide bonds. The summed E-state index contributed by atoms with van der Waals surface area (Å²) in [6, 6.07) is 7.03. The van der Waals surface area contributed by atoms with E-state index in [0.717, 1.165) is 30.9 Å². The van der Waals surface area contributed by atoms with Crippen molar-refractivity contribution in [2.75, 3.05) is 26.3 Å². The highest BCUT2D eigenvalue weighted by Gasteiger charge is 2.52. The van der Waals surface area contributed by atoms with E-state index in [4.69, 9.17) is 9.47 Å². The van der Waals surface area contributed by atoms with Crippen LogP contribution in [0.5, 0.6) is 0 Å². The molecule has 1 saturated carbocycles. The molecule has 6 heteroatoms. The van der Waals surface area contributed by atoms with Crippen LogP contribution < -0.4 is 0 Å². The molecule has 0 aromatic heterocycles. The maximum Gasteiger partial charge on any atom is 0.243 e. The summed E-state index contributed by atoms with van der Waals surface area (Å²) >= 11 is 0. The maximum atomic E-state index is 12.7. The van der Waals surface area contributed by atoms with Crippen molar-refractivity contribution in [3.05, 3.63) is 29.8 Å². The Balaban J connectivity index is 1.38. The minimum atomic E-state index is -3.42. The molecule has 0 bridgehead atoms. The normalized spacial score (nSPS) is 27.1. The molecule has 5 nitrogen and oxygen atoms in total. The number of nitrogens with zero attached hydrogens (tertiary/aromatic N) is 1. The molecule has 132 valence electrons. The summed E-state index contributed by atoms with van der Waals surface area (Å²) in [5.74, 6) is 0.753. The van der Waals surface area contributed by atoms with Crippen LogP contribution in [0.25, 0.3) is 0 Å². The second-order valence-corrected chi connectivity index (χ2v) is 9.45. The fraction of sp³-hybridized carbons (Fsp3) is 0.667. The molecule has 1 spiro atoms. The van der Waals surface area contributed by atoms with Crippen LogP contribution in [0.15, 0.2) is 29.2 Å². The van der Waals surface area contributed by atoms with Gasteiger partial charge in [0.1, 0.15) is 0 Å². The van der Waals surface area contributed by atoms with Crippen LogP contribution in [0.4, 0.5) is 0 Å². The lowest BCUT2D eigenvalue weighted by atomic mass is 9.86. The Morgan fingerprint density at radius 1 is 1.21 bits per heavy atom. The lowest BCUT2D eigenvalue weighted by Gasteiger charge is -2.52. The van der Waals surface area contributed by atoms with Gasteiger partial charge in [-0.3, -0.25) is 0 Å². The Hall–Kier alpha value is -0.950. The first-order chi connectivity index (χ1) is 11.5. The third kappa shape index (κ3) is 3.25. The summed E-state index contributed by atoms with van der Waals surface area (Å²) in [6.07, 6.45) is 4.51. The van der Waals surface area contributed by atoms with Gasteiger partial charge in [-0.1, -0.05) is 17.7 Å². The molecule has 2 saturated heterocycles. The first kappa shape index (κ1) is 16.5. The van der Waals surface area contributed by atoms with Gasteiger partial charge in [-0.05, 0) is 44.2 Å². The zero-order valence-corrected chi connectivity index (χ0v) is 14.9. The highest BCUT2D eigenvalue weighted by Crippen LogP contribution is 2.39. The van der Waals surface area contributed by atoms with Crippen LogP contribution in [0.3, 0.4) is 0 Å². The van der Waals surface area contributed by atoms with E-state index in [-0.39, 0.29) is 11.7 Å². The number of sulfonamides is 1. The van der Waals surface area contributed by atoms with Gasteiger partial charge in [-0.15, -0.1) is 0 Å². The standard InChI is InChI=1S/C18H25NO4S/c1-14-2-6-17(7-3-14)24(20,21)19-12-18(13-19)10-16(8-9-23-18)22-11-15-4-5-15/h2-3,6-7,15-16H,4-5,8-13H2,1H3/t16-/m0/s1. The largest absolute Gasteiger partial charge is 0.378 e.